The van der Waals surface area contributed by atoms with E-state index in [4.69, 9.17) is 5.26 Å². The summed E-state index contributed by atoms with van der Waals surface area (Å²) in [7, 11) is 0. The SMILES string of the molecule is N#CC(C[O])c1cccc(C=O)c1. The van der Waals surface area contributed by atoms with Crippen molar-refractivity contribution in [2.24, 2.45) is 0 Å². The van der Waals surface area contributed by atoms with Gasteiger partial charge in [-0.2, -0.15) is 5.26 Å². The van der Waals surface area contributed by atoms with E-state index in [-0.39, 0.29) is 0 Å². The lowest BCUT2D eigenvalue weighted by atomic mass is 10.00. The van der Waals surface area contributed by atoms with Crippen LogP contribution in [0.3, 0.4) is 0 Å². The third-order valence-corrected chi connectivity index (χ3v) is 1.77. The van der Waals surface area contributed by atoms with Crippen molar-refractivity contribution in [3.8, 4) is 6.07 Å². The van der Waals surface area contributed by atoms with Gasteiger partial charge in [-0.1, -0.05) is 18.2 Å². The molecule has 1 aromatic rings. The zero-order valence-electron chi connectivity index (χ0n) is 6.93. The predicted molar refractivity (Wildman–Crippen MR) is 45.7 cm³/mol. The third-order valence-electron chi connectivity index (χ3n) is 1.77. The third kappa shape index (κ3) is 2.14. The average molecular weight is 174 g/mol. The fourth-order valence-corrected chi connectivity index (χ4v) is 1.06. The highest BCUT2D eigenvalue weighted by molar-refractivity contribution is 5.75. The van der Waals surface area contributed by atoms with Gasteiger partial charge in [0.2, 0.25) is 0 Å². The standard InChI is InChI=1S/C10H8NO2/c11-5-10(7-13)9-3-1-2-8(4-9)6-12/h1-4,6,10H,7H2. The first-order chi connectivity index (χ1) is 6.31. The van der Waals surface area contributed by atoms with Gasteiger partial charge in [0.15, 0.2) is 0 Å². The number of aldehydes is 1. The number of nitriles is 1. The molecule has 1 rings (SSSR count). The van der Waals surface area contributed by atoms with Crippen molar-refractivity contribution < 1.29 is 9.90 Å². The topological polar surface area (TPSA) is 60.8 Å². The van der Waals surface area contributed by atoms with Gasteiger partial charge in [0, 0.05) is 5.56 Å². The van der Waals surface area contributed by atoms with E-state index in [1.165, 1.54) is 0 Å². The molecule has 1 radical (unpaired) electrons. The number of hydrogen-bond donors (Lipinski definition) is 0. The largest absolute Gasteiger partial charge is 0.298 e. The Bertz CT molecular complexity index is 341. The highest BCUT2D eigenvalue weighted by Crippen LogP contribution is 2.14. The van der Waals surface area contributed by atoms with E-state index >= 15 is 0 Å². The second kappa shape index (κ2) is 4.39. The molecule has 0 spiro atoms. The second-order valence-electron chi connectivity index (χ2n) is 2.64. The Labute approximate surface area is 76.2 Å². The highest BCUT2D eigenvalue weighted by atomic mass is 16.3. The summed E-state index contributed by atoms with van der Waals surface area (Å²) in [5.74, 6) is -0.653. The summed E-state index contributed by atoms with van der Waals surface area (Å²) < 4.78 is 0. The van der Waals surface area contributed by atoms with Crippen LogP contribution in [-0.4, -0.2) is 12.9 Å². The lowest BCUT2D eigenvalue weighted by Gasteiger charge is -2.03. The summed E-state index contributed by atoms with van der Waals surface area (Å²) in [6.45, 7) is -0.473. The Kier molecular flexibility index (Phi) is 3.18. The monoisotopic (exact) mass is 174 g/mol. The van der Waals surface area contributed by atoms with E-state index in [0.29, 0.717) is 17.4 Å². The van der Waals surface area contributed by atoms with Crippen molar-refractivity contribution in [2.75, 3.05) is 6.61 Å². The molecule has 13 heavy (non-hydrogen) atoms. The summed E-state index contributed by atoms with van der Waals surface area (Å²) >= 11 is 0. The molecule has 0 heterocycles. The molecule has 1 atom stereocenters. The van der Waals surface area contributed by atoms with Gasteiger partial charge >= 0.3 is 0 Å². The molecule has 0 amide bonds. The van der Waals surface area contributed by atoms with E-state index in [1.54, 1.807) is 24.3 Å². The normalized spacial score (nSPS) is 11.7. The lowest BCUT2D eigenvalue weighted by Crippen LogP contribution is -2.00. The zero-order chi connectivity index (χ0) is 9.68. The molecule has 1 unspecified atom stereocenters. The van der Waals surface area contributed by atoms with Crippen molar-refractivity contribution in [1.82, 2.24) is 0 Å². The maximum Gasteiger partial charge on any atom is 0.150 e. The fraction of sp³-hybridized carbons (Fsp3) is 0.200. The van der Waals surface area contributed by atoms with Crippen molar-refractivity contribution in [3.05, 3.63) is 35.4 Å². The van der Waals surface area contributed by atoms with E-state index in [9.17, 15) is 9.90 Å². The average Bonchev–Trinajstić information content (AvgIpc) is 2.20. The number of benzene rings is 1. The van der Waals surface area contributed by atoms with E-state index in [0.717, 1.165) is 0 Å². The Morgan fingerprint density at radius 2 is 2.31 bits per heavy atom. The summed E-state index contributed by atoms with van der Waals surface area (Å²) in [5, 5.41) is 19.2. The van der Waals surface area contributed by atoms with Crippen LogP contribution in [0.2, 0.25) is 0 Å². The maximum absolute atomic E-state index is 10.6. The number of rotatable bonds is 3. The van der Waals surface area contributed by atoms with Crippen molar-refractivity contribution in [2.45, 2.75) is 5.92 Å². The molecule has 0 saturated carbocycles. The highest BCUT2D eigenvalue weighted by Gasteiger charge is 2.09. The van der Waals surface area contributed by atoms with Crippen LogP contribution in [0, 0.1) is 11.3 Å². The molecule has 3 nitrogen and oxygen atoms in total. The van der Waals surface area contributed by atoms with Crippen LogP contribution in [0.4, 0.5) is 0 Å². The minimum absolute atomic E-state index is 0.473. The van der Waals surface area contributed by atoms with Crippen LogP contribution in [0.15, 0.2) is 24.3 Å². The number of carbonyl (C=O) groups excluding carboxylic acids is 1. The van der Waals surface area contributed by atoms with E-state index in [1.807, 2.05) is 6.07 Å². The van der Waals surface area contributed by atoms with E-state index in [2.05, 4.69) is 0 Å². The fourth-order valence-electron chi connectivity index (χ4n) is 1.06. The molecule has 1 aromatic carbocycles. The molecule has 0 fully saturated rings. The zero-order valence-corrected chi connectivity index (χ0v) is 6.93. The van der Waals surface area contributed by atoms with Crippen molar-refractivity contribution in [1.29, 1.82) is 5.26 Å². The lowest BCUT2D eigenvalue weighted by molar-refractivity contribution is 0.112. The molecule has 0 N–H and O–H groups in total. The van der Waals surface area contributed by atoms with Crippen LogP contribution < -0.4 is 0 Å². The summed E-state index contributed by atoms with van der Waals surface area (Å²) in [6.07, 6.45) is 0.697. The Morgan fingerprint density at radius 1 is 1.54 bits per heavy atom. The van der Waals surface area contributed by atoms with Gasteiger partial charge in [0.25, 0.3) is 0 Å². The molecule has 0 aromatic heterocycles. The van der Waals surface area contributed by atoms with Crippen molar-refractivity contribution in [3.63, 3.8) is 0 Å². The van der Waals surface area contributed by atoms with Crippen LogP contribution in [0.25, 0.3) is 0 Å². The van der Waals surface area contributed by atoms with Gasteiger partial charge in [-0.05, 0) is 11.6 Å². The molecule has 0 aliphatic rings. The first kappa shape index (κ1) is 9.43. The molecule has 3 heteroatoms. The number of hydrogen-bond acceptors (Lipinski definition) is 2. The molecule has 0 saturated heterocycles. The smallest absolute Gasteiger partial charge is 0.150 e. The molecule has 0 bridgehead atoms. The molecule has 65 valence electrons. The minimum Gasteiger partial charge on any atom is -0.298 e. The first-order valence-electron chi connectivity index (χ1n) is 3.84. The summed E-state index contributed by atoms with van der Waals surface area (Å²) in [6, 6.07) is 8.44. The first-order valence-corrected chi connectivity index (χ1v) is 3.84. The summed E-state index contributed by atoms with van der Waals surface area (Å²) in [4.78, 5) is 10.4. The van der Waals surface area contributed by atoms with Crippen LogP contribution >= 0.6 is 0 Å². The van der Waals surface area contributed by atoms with Crippen LogP contribution in [0.5, 0.6) is 0 Å². The van der Waals surface area contributed by atoms with Crippen LogP contribution in [-0.2, 0) is 5.11 Å². The maximum atomic E-state index is 10.6. The van der Waals surface area contributed by atoms with Gasteiger partial charge in [-0.3, -0.25) is 4.79 Å². The molecular weight excluding hydrogens is 166 g/mol. The predicted octanol–water partition coefficient (Wildman–Crippen LogP) is 1.54. The quantitative estimate of drug-likeness (QED) is 0.652. The van der Waals surface area contributed by atoms with Gasteiger partial charge in [-0.25, -0.2) is 5.11 Å². The summed E-state index contributed by atoms with van der Waals surface area (Å²) in [5.41, 5.74) is 1.10. The van der Waals surface area contributed by atoms with Gasteiger partial charge in [0.05, 0.1) is 12.0 Å². The molecule has 0 aliphatic carbocycles. The van der Waals surface area contributed by atoms with Gasteiger partial charge in [0.1, 0.15) is 12.9 Å². The number of carbonyl (C=O) groups is 1. The molecular formula is C10H8NO2. The minimum atomic E-state index is -0.653. The Balaban J connectivity index is 3.01. The Morgan fingerprint density at radius 3 is 2.85 bits per heavy atom. The molecule has 0 aliphatic heterocycles. The van der Waals surface area contributed by atoms with Gasteiger partial charge < -0.3 is 0 Å². The Hall–Kier alpha value is -1.66. The van der Waals surface area contributed by atoms with Gasteiger partial charge in [-0.15, -0.1) is 0 Å². The van der Waals surface area contributed by atoms with E-state index < -0.39 is 12.5 Å². The van der Waals surface area contributed by atoms with Crippen molar-refractivity contribution >= 4 is 6.29 Å². The van der Waals surface area contributed by atoms with Crippen LogP contribution in [0.1, 0.15) is 21.8 Å². The number of nitrogens with zero attached hydrogens (tertiary/aromatic N) is 1. The second-order valence-corrected chi connectivity index (χ2v) is 2.64.